The van der Waals surface area contributed by atoms with Crippen molar-refractivity contribution in [1.29, 1.82) is 0 Å². The Morgan fingerprint density at radius 2 is 1.90 bits per heavy atom. The molecule has 4 nitrogen and oxygen atoms in total. The molecule has 0 fully saturated rings. The third-order valence-electron chi connectivity index (χ3n) is 3.40. The summed E-state index contributed by atoms with van der Waals surface area (Å²) in [5, 5.41) is 2.86. The van der Waals surface area contributed by atoms with Crippen LogP contribution in [-0.4, -0.2) is 13.0 Å². The molecule has 104 valence electrons. The number of hydrogen-bond donors (Lipinski definition) is 2. The Balaban J connectivity index is 2.26. The molecule has 0 aromatic heterocycles. The normalized spacial score (nSPS) is 10.2. The fourth-order valence-electron chi connectivity index (χ4n) is 1.99. The number of anilines is 2. The Bertz CT molecular complexity index is 651. The summed E-state index contributed by atoms with van der Waals surface area (Å²) in [4.78, 5) is 12.3. The maximum atomic E-state index is 12.3. The summed E-state index contributed by atoms with van der Waals surface area (Å²) in [5.74, 6) is 0.548. The monoisotopic (exact) mass is 270 g/mol. The summed E-state index contributed by atoms with van der Waals surface area (Å²) in [6.07, 6.45) is 0. The maximum absolute atomic E-state index is 12.3. The molecular weight excluding hydrogens is 252 g/mol. The Hall–Kier alpha value is -2.49. The van der Waals surface area contributed by atoms with Crippen LogP contribution in [0.5, 0.6) is 5.75 Å². The average molecular weight is 270 g/mol. The van der Waals surface area contributed by atoms with Crippen LogP contribution in [0.3, 0.4) is 0 Å². The van der Waals surface area contributed by atoms with Gasteiger partial charge in [-0.3, -0.25) is 4.79 Å². The third-order valence-corrected chi connectivity index (χ3v) is 3.40. The molecule has 20 heavy (non-hydrogen) atoms. The Morgan fingerprint density at radius 3 is 2.60 bits per heavy atom. The van der Waals surface area contributed by atoms with Gasteiger partial charge in [0.25, 0.3) is 5.91 Å². The van der Waals surface area contributed by atoms with Crippen LogP contribution in [-0.2, 0) is 0 Å². The fourth-order valence-corrected chi connectivity index (χ4v) is 1.99. The zero-order valence-corrected chi connectivity index (χ0v) is 11.9. The van der Waals surface area contributed by atoms with Crippen LogP contribution in [0, 0.1) is 13.8 Å². The lowest BCUT2D eigenvalue weighted by molar-refractivity contribution is 0.102. The number of methoxy groups -OCH3 is 1. The summed E-state index contributed by atoms with van der Waals surface area (Å²) in [6, 6.07) is 10.7. The van der Waals surface area contributed by atoms with Crippen molar-refractivity contribution in [1.82, 2.24) is 0 Å². The molecular formula is C16H18N2O2. The van der Waals surface area contributed by atoms with Gasteiger partial charge < -0.3 is 15.8 Å². The number of nitrogens with two attached hydrogens (primary N) is 1. The van der Waals surface area contributed by atoms with E-state index in [0.29, 0.717) is 22.7 Å². The van der Waals surface area contributed by atoms with Crippen LogP contribution in [0.4, 0.5) is 11.4 Å². The molecule has 0 aliphatic heterocycles. The van der Waals surface area contributed by atoms with E-state index in [1.54, 1.807) is 25.3 Å². The standard InChI is InChI=1S/C16H18N2O2/c1-10-11(2)15(17)8-7-14(10)16(19)18-12-5-4-6-13(9-12)20-3/h4-9H,17H2,1-3H3,(H,18,19). The van der Waals surface area contributed by atoms with E-state index < -0.39 is 0 Å². The van der Waals surface area contributed by atoms with Crippen molar-refractivity contribution in [3.05, 3.63) is 53.1 Å². The summed E-state index contributed by atoms with van der Waals surface area (Å²) < 4.78 is 5.13. The van der Waals surface area contributed by atoms with Gasteiger partial charge in [-0.2, -0.15) is 0 Å². The molecule has 2 aromatic carbocycles. The van der Waals surface area contributed by atoms with Gasteiger partial charge in [0.15, 0.2) is 0 Å². The van der Waals surface area contributed by atoms with Crippen molar-refractivity contribution < 1.29 is 9.53 Å². The Kier molecular flexibility index (Phi) is 3.94. The summed E-state index contributed by atoms with van der Waals surface area (Å²) in [7, 11) is 1.59. The molecule has 0 aliphatic rings. The molecule has 2 rings (SSSR count). The van der Waals surface area contributed by atoms with E-state index in [0.717, 1.165) is 11.1 Å². The second-order valence-electron chi connectivity index (χ2n) is 4.64. The zero-order chi connectivity index (χ0) is 14.7. The van der Waals surface area contributed by atoms with Gasteiger partial charge in [0.05, 0.1) is 7.11 Å². The number of nitrogen functional groups attached to an aromatic ring is 1. The number of amides is 1. The number of rotatable bonds is 3. The van der Waals surface area contributed by atoms with E-state index in [-0.39, 0.29) is 5.91 Å². The van der Waals surface area contributed by atoms with Crippen LogP contribution >= 0.6 is 0 Å². The van der Waals surface area contributed by atoms with Crippen LogP contribution in [0.15, 0.2) is 36.4 Å². The van der Waals surface area contributed by atoms with E-state index >= 15 is 0 Å². The second kappa shape index (κ2) is 5.65. The first-order valence-electron chi connectivity index (χ1n) is 6.34. The third kappa shape index (κ3) is 2.74. The van der Waals surface area contributed by atoms with Gasteiger partial charge in [-0.1, -0.05) is 6.07 Å². The number of ether oxygens (including phenoxy) is 1. The van der Waals surface area contributed by atoms with Crippen molar-refractivity contribution in [2.75, 3.05) is 18.2 Å². The predicted molar refractivity (Wildman–Crippen MR) is 81.3 cm³/mol. The van der Waals surface area contributed by atoms with Crippen molar-refractivity contribution >= 4 is 17.3 Å². The summed E-state index contributed by atoms with van der Waals surface area (Å²) >= 11 is 0. The Morgan fingerprint density at radius 1 is 1.15 bits per heavy atom. The van der Waals surface area contributed by atoms with E-state index in [1.807, 2.05) is 32.0 Å². The van der Waals surface area contributed by atoms with Gasteiger partial charge in [0.1, 0.15) is 5.75 Å². The van der Waals surface area contributed by atoms with Gasteiger partial charge in [-0.25, -0.2) is 0 Å². The molecule has 0 bridgehead atoms. The Labute approximate surface area is 118 Å². The van der Waals surface area contributed by atoms with Crippen molar-refractivity contribution in [2.24, 2.45) is 0 Å². The van der Waals surface area contributed by atoms with E-state index in [9.17, 15) is 4.79 Å². The number of nitrogens with one attached hydrogen (secondary N) is 1. The summed E-state index contributed by atoms with van der Waals surface area (Å²) in [5.41, 5.74) is 9.68. The first-order valence-corrected chi connectivity index (χ1v) is 6.34. The van der Waals surface area contributed by atoms with Crippen LogP contribution in [0.2, 0.25) is 0 Å². The minimum absolute atomic E-state index is 0.154. The highest BCUT2D eigenvalue weighted by Gasteiger charge is 2.12. The summed E-state index contributed by atoms with van der Waals surface area (Å²) in [6.45, 7) is 3.80. The molecule has 0 atom stereocenters. The molecule has 0 saturated heterocycles. The highest BCUT2D eigenvalue weighted by molar-refractivity contribution is 6.05. The molecule has 0 aliphatic carbocycles. The molecule has 1 amide bonds. The number of hydrogen-bond acceptors (Lipinski definition) is 3. The molecule has 0 heterocycles. The lowest BCUT2D eigenvalue weighted by Gasteiger charge is -2.12. The van der Waals surface area contributed by atoms with E-state index in [4.69, 9.17) is 10.5 Å². The number of benzene rings is 2. The van der Waals surface area contributed by atoms with Crippen LogP contribution in [0.25, 0.3) is 0 Å². The van der Waals surface area contributed by atoms with E-state index in [2.05, 4.69) is 5.32 Å². The lowest BCUT2D eigenvalue weighted by Crippen LogP contribution is -2.14. The first kappa shape index (κ1) is 13.9. The van der Waals surface area contributed by atoms with Crippen LogP contribution < -0.4 is 15.8 Å². The quantitative estimate of drug-likeness (QED) is 0.842. The molecule has 4 heteroatoms. The molecule has 0 radical (unpaired) electrons. The minimum Gasteiger partial charge on any atom is -0.497 e. The zero-order valence-electron chi connectivity index (χ0n) is 11.9. The largest absolute Gasteiger partial charge is 0.497 e. The van der Waals surface area contributed by atoms with Gasteiger partial charge in [-0.15, -0.1) is 0 Å². The van der Waals surface area contributed by atoms with E-state index in [1.165, 1.54) is 0 Å². The minimum atomic E-state index is -0.154. The van der Waals surface area contributed by atoms with Gasteiger partial charge in [-0.05, 0) is 49.2 Å². The van der Waals surface area contributed by atoms with Gasteiger partial charge >= 0.3 is 0 Å². The molecule has 3 N–H and O–H groups in total. The fraction of sp³-hybridized carbons (Fsp3) is 0.188. The first-order chi connectivity index (χ1) is 9.52. The highest BCUT2D eigenvalue weighted by Crippen LogP contribution is 2.22. The van der Waals surface area contributed by atoms with Crippen LogP contribution in [0.1, 0.15) is 21.5 Å². The average Bonchev–Trinajstić information content (AvgIpc) is 2.45. The van der Waals surface area contributed by atoms with Crippen molar-refractivity contribution in [3.63, 3.8) is 0 Å². The topological polar surface area (TPSA) is 64.3 Å². The van der Waals surface area contributed by atoms with Crippen molar-refractivity contribution in [2.45, 2.75) is 13.8 Å². The molecule has 2 aromatic rings. The van der Waals surface area contributed by atoms with Gasteiger partial charge in [0.2, 0.25) is 0 Å². The maximum Gasteiger partial charge on any atom is 0.255 e. The molecule has 0 unspecified atom stereocenters. The smallest absolute Gasteiger partial charge is 0.255 e. The number of carbonyl (C=O) groups is 1. The SMILES string of the molecule is COc1cccc(NC(=O)c2ccc(N)c(C)c2C)c1. The lowest BCUT2D eigenvalue weighted by atomic mass is 10.0. The van der Waals surface area contributed by atoms with Crippen molar-refractivity contribution in [3.8, 4) is 5.75 Å². The second-order valence-corrected chi connectivity index (χ2v) is 4.64. The highest BCUT2D eigenvalue weighted by atomic mass is 16.5. The molecule has 0 saturated carbocycles. The van der Waals surface area contributed by atoms with Gasteiger partial charge in [0, 0.05) is 23.0 Å². The molecule has 0 spiro atoms. The predicted octanol–water partition coefficient (Wildman–Crippen LogP) is 3.15. The number of carbonyl (C=O) groups excluding carboxylic acids is 1.